The van der Waals surface area contributed by atoms with Crippen molar-refractivity contribution in [3.05, 3.63) is 51.9 Å². The molecule has 0 spiro atoms. The van der Waals surface area contributed by atoms with Gasteiger partial charge in [-0.25, -0.2) is 0 Å². The summed E-state index contributed by atoms with van der Waals surface area (Å²) in [6.07, 6.45) is 5.75. The number of fused-ring (bicyclic) bond motifs is 1. The maximum atomic E-state index is 13.2. The van der Waals surface area contributed by atoms with Crippen LogP contribution in [0.15, 0.2) is 35.3 Å². The van der Waals surface area contributed by atoms with Gasteiger partial charge < -0.3 is 14.4 Å². The highest BCUT2D eigenvalue weighted by Crippen LogP contribution is 2.33. The van der Waals surface area contributed by atoms with E-state index < -0.39 is 0 Å². The number of aryl methyl sites for hydroxylation is 1. The molecule has 1 saturated heterocycles. The van der Waals surface area contributed by atoms with Crippen molar-refractivity contribution in [3.8, 4) is 17.2 Å². The Morgan fingerprint density at radius 3 is 2.81 bits per heavy atom. The maximum absolute atomic E-state index is 13.2. The lowest BCUT2D eigenvalue weighted by Gasteiger charge is -2.35. The number of ether oxygens (including phenoxy) is 2. The van der Waals surface area contributed by atoms with Crippen molar-refractivity contribution in [2.24, 2.45) is 0 Å². The zero-order valence-electron chi connectivity index (χ0n) is 15.7. The van der Waals surface area contributed by atoms with Gasteiger partial charge in [0.2, 0.25) is 6.79 Å². The predicted octanol–water partition coefficient (Wildman–Crippen LogP) is 3.28. The van der Waals surface area contributed by atoms with E-state index in [1.165, 1.54) is 4.57 Å². The van der Waals surface area contributed by atoms with Crippen molar-refractivity contribution in [3.63, 3.8) is 0 Å². The Balaban J connectivity index is 1.75. The van der Waals surface area contributed by atoms with Crippen molar-refractivity contribution < 1.29 is 14.3 Å². The number of hydrogen-bond donors (Lipinski definition) is 0. The van der Waals surface area contributed by atoms with E-state index in [1.54, 1.807) is 24.4 Å². The number of hydrogen-bond acceptors (Lipinski definition) is 4. The van der Waals surface area contributed by atoms with E-state index in [0.717, 1.165) is 32.2 Å². The molecule has 6 nitrogen and oxygen atoms in total. The van der Waals surface area contributed by atoms with E-state index in [4.69, 9.17) is 9.47 Å². The second-order valence-corrected chi connectivity index (χ2v) is 7.14. The van der Waals surface area contributed by atoms with Gasteiger partial charge in [-0.2, -0.15) is 0 Å². The van der Waals surface area contributed by atoms with Crippen LogP contribution in [0.5, 0.6) is 11.5 Å². The van der Waals surface area contributed by atoms with Gasteiger partial charge in [0.05, 0.1) is 5.69 Å². The quantitative estimate of drug-likeness (QED) is 0.834. The smallest absolute Gasteiger partial charge is 0.268 e. The minimum absolute atomic E-state index is 0.154. The minimum Gasteiger partial charge on any atom is -0.454 e. The molecule has 142 valence electrons. The molecule has 0 saturated carbocycles. The first-order valence-corrected chi connectivity index (χ1v) is 9.53. The molecule has 0 bridgehead atoms. The van der Waals surface area contributed by atoms with Crippen LogP contribution in [-0.2, 0) is 0 Å². The number of piperidine rings is 1. The Hall–Kier alpha value is -2.76. The predicted molar refractivity (Wildman–Crippen MR) is 102 cm³/mol. The second kappa shape index (κ2) is 7.10. The fraction of sp³-hybridized carbons (Fsp3) is 0.429. The molecule has 1 amide bonds. The summed E-state index contributed by atoms with van der Waals surface area (Å²) in [4.78, 5) is 28.3. The summed E-state index contributed by atoms with van der Waals surface area (Å²) in [5, 5.41) is 0. The summed E-state index contributed by atoms with van der Waals surface area (Å²) in [6, 6.07) is 7.38. The Morgan fingerprint density at radius 2 is 2.00 bits per heavy atom. The van der Waals surface area contributed by atoms with Gasteiger partial charge in [0.25, 0.3) is 11.5 Å². The molecule has 1 fully saturated rings. The first-order chi connectivity index (χ1) is 13.1. The van der Waals surface area contributed by atoms with Crippen LogP contribution < -0.4 is 15.0 Å². The molecule has 0 aliphatic carbocycles. The molecule has 1 aromatic carbocycles. The average molecular weight is 368 g/mol. The Bertz CT molecular complexity index is 934. The molecule has 1 atom stereocenters. The van der Waals surface area contributed by atoms with Crippen LogP contribution in [0.4, 0.5) is 0 Å². The van der Waals surface area contributed by atoms with Gasteiger partial charge >= 0.3 is 0 Å². The fourth-order valence-electron chi connectivity index (χ4n) is 3.96. The minimum atomic E-state index is -0.292. The molecular weight excluding hydrogens is 344 g/mol. The van der Waals surface area contributed by atoms with Gasteiger partial charge in [0, 0.05) is 24.8 Å². The molecule has 1 aromatic heterocycles. The number of carbonyl (C=O) groups is 1. The number of benzene rings is 1. The summed E-state index contributed by atoms with van der Waals surface area (Å²) in [7, 11) is 0. The molecule has 4 rings (SSSR count). The van der Waals surface area contributed by atoms with Gasteiger partial charge in [-0.1, -0.05) is 6.92 Å². The highest BCUT2D eigenvalue weighted by Gasteiger charge is 2.29. The number of aromatic nitrogens is 1. The van der Waals surface area contributed by atoms with Gasteiger partial charge in [-0.05, 0) is 56.4 Å². The van der Waals surface area contributed by atoms with Gasteiger partial charge in [0.15, 0.2) is 11.5 Å². The van der Waals surface area contributed by atoms with Crippen LogP contribution in [-0.4, -0.2) is 34.8 Å². The first-order valence-electron chi connectivity index (χ1n) is 9.53. The third-order valence-electron chi connectivity index (χ3n) is 5.51. The number of amides is 1. The number of carbonyl (C=O) groups excluding carboxylic acids is 1. The SMILES string of the molecule is CCC1CCCCN1C(=O)c1c(C)ccn(-c2ccc3c(c2)OCO3)c1=O. The van der Waals surface area contributed by atoms with Gasteiger partial charge in [-0.3, -0.25) is 14.2 Å². The monoisotopic (exact) mass is 368 g/mol. The molecule has 2 aromatic rings. The van der Waals surface area contributed by atoms with E-state index >= 15 is 0 Å². The lowest BCUT2D eigenvalue weighted by molar-refractivity contribution is 0.0605. The molecule has 0 radical (unpaired) electrons. The number of rotatable bonds is 3. The van der Waals surface area contributed by atoms with E-state index in [1.807, 2.05) is 17.9 Å². The molecule has 0 N–H and O–H groups in total. The van der Waals surface area contributed by atoms with Crippen LogP contribution in [0.2, 0.25) is 0 Å². The van der Waals surface area contributed by atoms with Crippen molar-refractivity contribution in [2.75, 3.05) is 13.3 Å². The summed E-state index contributed by atoms with van der Waals surface area (Å²) >= 11 is 0. The molecule has 3 heterocycles. The first kappa shape index (κ1) is 17.6. The van der Waals surface area contributed by atoms with Crippen molar-refractivity contribution in [2.45, 2.75) is 45.6 Å². The highest BCUT2D eigenvalue weighted by atomic mass is 16.7. The molecule has 2 aliphatic heterocycles. The summed E-state index contributed by atoms with van der Waals surface area (Å²) in [5.41, 5.74) is 1.33. The van der Waals surface area contributed by atoms with Gasteiger partial charge in [0.1, 0.15) is 5.56 Å². The summed E-state index contributed by atoms with van der Waals surface area (Å²) in [5.74, 6) is 1.11. The standard InChI is InChI=1S/C21H24N2O4/c1-3-15-6-4-5-10-22(15)20(24)19-14(2)9-11-23(21(19)25)16-7-8-17-18(12-16)27-13-26-17/h7-9,11-12,15H,3-6,10,13H2,1-2H3. The van der Waals surface area contributed by atoms with Crippen molar-refractivity contribution in [1.82, 2.24) is 9.47 Å². The third kappa shape index (κ3) is 3.09. The molecular formula is C21H24N2O4. The largest absolute Gasteiger partial charge is 0.454 e. The van der Waals surface area contributed by atoms with E-state index in [0.29, 0.717) is 22.7 Å². The summed E-state index contributed by atoms with van der Waals surface area (Å²) < 4.78 is 12.3. The van der Waals surface area contributed by atoms with Crippen LogP contribution >= 0.6 is 0 Å². The van der Waals surface area contributed by atoms with E-state index in [-0.39, 0.29) is 29.9 Å². The maximum Gasteiger partial charge on any atom is 0.268 e. The van der Waals surface area contributed by atoms with Crippen molar-refractivity contribution >= 4 is 5.91 Å². The topological polar surface area (TPSA) is 60.8 Å². The second-order valence-electron chi connectivity index (χ2n) is 7.14. The molecule has 27 heavy (non-hydrogen) atoms. The third-order valence-corrected chi connectivity index (χ3v) is 5.51. The zero-order valence-corrected chi connectivity index (χ0v) is 15.7. The average Bonchev–Trinajstić information content (AvgIpc) is 3.15. The number of pyridine rings is 1. The summed E-state index contributed by atoms with van der Waals surface area (Å²) in [6.45, 7) is 4.82. The molecule has 6 heteroatoms. The number of nitrogens with zero attached hydrogens (tertiary/aromatic N) is 2. The zero-order chi connectivity index (χ0) is 19.0. The van der Waals surface area contributed by atoms with Crippen molar-refractivity contribution in [1.29, 1.82) is 0 Å². The Kier molecular flexibility index (Phi) is 4.64. The normalized spacial score (nSPS) is 18.6. The van der Waals surface area contributed by atoms with Gasteiger partial charge in [-0.15, -0.1) is 0 Å². The fourth-order valence-corrected chi connectivity index (χ4v) is 3.96. The highest BCUT2D eigenvalue weighted by molar-refractivity contribution is 5.95. The van der Waals surface area contributed by atoms with E-state index in [2.05, 4.69) is 6.92 Å². The van der Waals surface area contributed by atoms with E-state index in [9.17, 15) is 9.59 Å². The van der Waals surface area contributed by atoms with Crippen LogP contribution in [0, 0.1) is 6.92 Å². The number of likely N-dealkylation sites (tertiary alicyclic amines) is 1. The van der Waals surface area contributed by atoms with Crippen LogP contribution in [0.25, 0.3) is 5.69 Å². The molecule has 2 aliphatic rings. The molecule has 1 unspecified atom stereocenters. The lowest BCUT2D eigenvalue weighted by atomic mass is 9.98. The van der Waals surface area contributed by atoms with Crippen LogP contribution in [0.3, 0.4) is 0 Å². The van der Waals surface area contributed by atoms with Crippen LogP contribution in [0.1, 0.15) is 48.5 Å². The lowest BCUT2D eigenvalue weighted by Crippen LogP contribution is -2.45. The Morgan fingerprint density at radius 1 is 1.19 bits per heavy atom. The Labute approximate surface area is 158 Å².